The van der Waals surface area contributed by atoms with E-state index < -0.39 is 0 Å². The van der Waals surface area contributed by atoms with E-state index in [0.29, 0.717) is 0 Å². The van der Waals surface area contributed by atoms with Gasteiger partial charge >= 0.3 is 0 Å². The molecule has 0 aliphatic carbocycles. The summed E-state index contributed by atoms with van der Waals surface area (Å²) in [7, 11) is 1.94. The van der Waals surface area contributed by atoms with E-state index in [0.717, 1.165) is 0 Å². The summed E-state index contributed by atoms with van der Waals surface area (Å²) >= 11 is 0. The molecule has 0 aliphatic rings. The Morgan fingerprint density at radius 2 is 1.83 bits per heavy atom. The van der Waals surface area contributed by atoms with Gasteiger partial charge in [0.05, 0.1) is 0 Å². The van der Waals surface area contributed by atoms with Gasteiger partial charge in [-0.15, -0.1) is 0 Å². The van der Waals surface area contributed by atoms with E-state index in [1.54, 1.807) is 0 Å². The van der Waals surface area contributed by atoms with E-state index in [-0.39, 0.29) is 0 Å². The number of hydrogen-bond acceptors (Lipinski definition) is 1. The van der Waals surface area contributed by atoms with E-state index in [2.05, 4.69) is 42.6 Å². The largest absolute Gasteiger partial charge is 0.388 e. The van der Waals surface area contributed by atoms with Gasteiger partial charge in [0.25, 0.3) is 0 Å². The lowest BCUT2D eigenvalue weighted by Crippen LogP contribution is -2.03. The molecule has 0 spiro atoms. The zero-order valence-corrected chi connectivity index (χ0v) is 7.89. The van der Waals surface area contributed by atoms with E-state index in [1.807, 2.05) is 14.0 Å². The maximum Gasteiger partial charge on any atom is 0.0367 e. The van der Waals surface area contributed by atoms with Gasteiger partial charge in [0.15, 0.2) is 0 Å². The topological polar surface area (TPSA) is 12.0 Å². The van der Waals surface area contributed by atoms with Gasteiger partial charge in [-0.05, 0) is 19.4 Å². The SMILES string of the molecule is C/C=C(/NC)c1ccc(C)cc1. The summed E-state index contributed by atoms with van der Waals surface area (Å²) in [6.45, 7) is 4.13. The Morgan fingerprint density at radius 1 is 1.25 bits per heavy atom. The molecule has 12 heavy (non-hydrogen) atoms. The first kappa shape index (κ1) is 8.85. The van der Waals surface area contributed by atoms with Crippen molar-refractivity contribution in [2.75, 3.05) is 7.05 Å². The molecular weight excluding hydrogens is 146 g/mol. The van der Waals surface area contributed by atoms with Crippen molar-refractivity contribution in [1.29, 1.82) is 0 Å². The molecule has 64 valence electrons. The molecule has 1 N–H and O–H groups in total. The Kier molecular flexibility index (Phi) is 2.92. The number of nitrogens with one attached hydrogen (secondary N) is 1. The summed E-state index contributed by atoms with van der Waals surface area (Å²) in [6, 6.07) is 8.49. The van der Waals surface area contributed by atoms with Crippen LogP contribution in [0.2, 0.25) is 0 Å². The van der Waals surface area contributed by atoms with E-state index in [1.165, 1.54) is 16.8 Å². The lowest BCUT2D eigenvalue weighted by atomic mass is 10.1. The number of allylic oxidation sites excluding steroid dienone is 1. The van der Waals surface area contributed by atoms with Crippen molar-refractivity contribution in [3.8, 4) is 0 Å². The Bertz CT molecular complexity index is 270. The van der Waals surface area contributed by atoms with E-state index in [9.17, 15) is 0 Å². The first-order valence-electron chi connectivity index (χ1n) is 4.19. The van der Waals surface area contributed by atoms with Gasteiger partial charge in [-0.1, -0.05) is 35.9 Å². The summed E-state index contributed by atoms with van der Waals surface area (Å²) in [5, 5.41) is 3.15. The van der Waals surface area contributed by atoms with Crippen molar-refractivity contribution in [3.05, 3.63) is 41.5 Å². The van der Waals surface area contributed by atoms with Crippen molar-refractivity contribution in [2.24, 2.45) is 0 Å². The van der Waals surface area contributed by atoms with Gasteiger partial charge in [-0.3, -0.25) is 0 Å². The lowest BCUT2D eigenvalue weighted by Gasteiger charge is -2.05. The van der Waals surface area contributed by atoms with Gasteiger partial charge in [0.2, 0.25) is 0 Å². The second-order valence-electron chi connectivity index (χ2n) is 2.82. The van der Waals surface area contributed by atoms with Gasteiger partial charge in [-0.2, -0.15) is 0 Å². The predicted octanol–water partition coefficient (Wildman–Crippen LogP) is 2.58. The van der Waals surface area contributed by atoms with Crippen LogP contribution in [-0.2, 0) is 0 Å². The molecule has 0 radical (unpaired) electrons. The van der Waals surface area contributed by atoms with Crippen molar-refractivity contribution in [1.82, 2.24) is 5.32 Å². The minimum Gasteiger partial charge on any atom is -0.388 e. The smallest absolute Gasteiger partial charge is 0.0367 e. The lowest BCUT2D eigenvalue weighted by molar-refractivity contribution is 1.12. The standard InChI is InChI=1S/C11H15N/c1-4-11(12-3)10-7-5-9(2)6-8-10/h4-8,12H,1-3H3/b11-4+. The highest BCUT2D eigenvalue weighted by Gasteiger charge is 1.95. The molecule has 1 aromatic rings. The van der Waals surface area contributed by atoms with Gasteiger partial charge in [0, 0.05) is 12.7 Å². The van der Waals surface area contributed by atoms with Crippen LogP contribution in [0.25, 0.3) is 5.70 Å². The maximum atomic E-state index is 3.15. The van der Waals surface area contributed by atoms with Crippen LogP contribution in [0.15, 0.2) is 30.3 Å². The fraction of sp³-hybridized carbons (Fsp3) is 0.273. The molecule has 0 aromatic heterocycles. The van der Waals surface area contributed by atoms with Gasteiger partial charge in [0.1, 0.15) is 0 Å². The monoisotopic (exact) mass is 161 g/mol. The zero-order valence-electron chi connectivity index (χ0n) is 7.89. The summed E-state index contributed by atoms with van der Waals surface area (Å²) in [4.78, 5) is 0. The van der Waals surface area contributed by atoms with Gasteiger partial charge < -0.3 is 5.32 Å². The molecule has 0 aliphatic heterocycles. The second kappa shape index (κ2) is 3.96. The fourth-order valence-corrected chi connectivity index (χ4v) is 1.19. The average molecular weight is 161 g/mol. The van der Waals surface area contributed by atoms with Crippen molar-refractivity contribution in [3.63, 3.8) is 0 Å². The minimum absolute atomic E-state index is 1.18. The number of hydrogen-bond donors (Lipinski definition) is 1. The molecule has 1 nitrogen and oxygen atoms in total. The molecule has 1 heteroatoms. The summed E-state index contributed by atoms with van der Waals surface area (Å²) in [6.07, 6.45) is 2.07. The van der Waals surface area contributed by atoms with Crippen LogP contribution in [0.3, 0.4) is 0 Å². The molecule has 0 atom stereocenters. The first-order valence-corrected chi connectivity index (χ1v) is 4.19. The third-order valence-corrected chi connectivity index (χ3v) is 1.92. The molecular formula is C11H15N. The number of aryl methyl sites for hydroxylation is 1. The molecule has 0 bridgehead atoms. The van der Waals surface area contributed by atoms with Crippen molar-refractivity contribution < 1.29 is 0 Å². The average Bonchev–Trinajstić information content (AvgIpc) is 2.10. The maximum absolute atomic E-state index is 3.15. The second-order valence-corrected chi connectivity index (χ2v) is 2.82. The zero-order chi connectivity index (χ0) is 8.97. The minimum atomic E-state index is 1.18. The Labute approximate surface area is 74.1 Å². The van der Waals surface area contributed by atoms with E-state index >= 15 is 0 Å². The molecule has 0 fully saturated rings. The highest BCUT2D eigenvalue weighted by Crippen LogP contribution is 2.11. The van der Waals surface area contributed by atoms with Crippen LogP contribution < -0.4 is 5.32 Å². The Hall–Kier alpha value is -1.24. The predicted molar refractivity (Wildman–Crippen MR) is 53.9 cm³/mol. The molecule has 0 amide bonds. The normalized spacial score (nSPS) is 11.4. The van der Waals surface area contributed by atoms with Crippen LogP contribution >= 0.6 is 0 Å². The van der Waals surface area contributed by atoms with Crippen molar-refractivity contribution >= 4 is 5.70 Å². The quantitative estimate of drug-likeness (QED) is 0.703. The third-order valence-electron chi connectivity index (χ3n) is 1.92. The summed E-state index contributed by atoms with van der Waals surface area (Å²) in [5.74, 6) is 0. The molecule has 0 saturated heterocycles. The van der Waals surface area contributed by atoms with Crippen LogP contribution in [0.1, 0.15) is 18.1 Å². The van der Waals surface area contributed by atoms with Crippen LogP contribution in [0.4, 0.5) is 0 Å². The van der Waals surface area contributed by atoms with Crippen LogP contribution in [-0.4, -0.2) is 7.05 Å². The fourth-order valence-electron chi connectivity index (χ4n) is 1.19. The first-order chi connectivity index (χ1) is 5.77. The third kappa shape index (κ3) is 1.88. The van der Waals surface area contributed by atoms with Gasteiger partial charge in [-0.25, -0.2) is 0 Å². The summed E-state index contributed by atoms with van der Waals surface area (Å²) < 4.78 is 0. The van der Waals surface area contributed by atoms with Crippen LogP contribution in [0.5, 0.6) is 0 Å². The molecule has 1 aromatic carbocycles. The van der Waals surface area contributed by atoms with Crippen molar-refractivity contribution in [2.45, 2.75) is 13.8 Å². The summed E-state index contributed by atoms with van der Waals surface area (Å²) in [5.41, 5.74) is 3.71. The number of rotatable bonds is 2. The number of benzene rings is 1. The molecule has 1 rings (SSSR count). The Morgan fingerprint density at radius 3 is 2.25 bits per heavy atom. The Balaban J connectivity index is 2.96. The van der Waals surface area contributed by atoms with Crippen LogP contribution in [0, 0.1) is 6.92 Å². The van der Waals surface area contributed by atoms with E-state index in [4.69, 9.17) is 0 Å². The molecule has 0 saturated carbocycles. The highest BCUT2D eigenvalue weighted by molar-refractivity contribution is 5.63. The highest BCUT2D eigenvalue weighted by atomic mass is 14.8. The molecule has 0 heterocycles. The molecule has 0 unspecified atom stereocenters.